The standard InChI is InChI=1S/C18H18N2O4S/c1-23-13-8-7-11(9-14(13)24-2)19-17(21)10-16-18(22)20-12-5-3-4-6-15(12)25-16/h3-9,16H,10H2,1-2H3,(H,19,21)(H,20,22). The maximum absolute atomic E-state index is 12.3. The molecule has 3 rings (SSSR count). The fourth-order valence-corrected chi connectivity index (χ4v) is 3.63. The summed E-state index contributed by atoms with van der Waals surface area (Å²) in [5, 5.41) is 5.17. The zero-order chi connectivity index (χ0) is 17.8. The molecule has 2 N–H and O–H groups in total. The highest BCUT2D eigenvalue weighted by Gasteiger charge is 2.28. The minimum Gasteiger partial charge on any atom is -0.493 e. The van der Waals surface area contributed by atoms with E-state index < -0.39 is 5.25 Å². The summed E-state index contributed by atoms with van der Waals surface area (Å²) in [5.41, 5.74) is 1.37. The summed E-state index contributed by atoms with van der Waals surface area (Å²) in [6, 6.07) is 12.7. The van der Waals surface area contributed by atoms with Crippen molar-refractivity contribution in [1.82, 2.24) is 0 Å². The Morgan fingerprint density at radius 1 is 1.16 bits per heavy atom. The molecule has 1 unspecified atom stereocenters. The lowest BCUT2D eigenvalue weighted by molar-refractivity contribution is -0.120. The van der Waals surface area contributed by atoms with E-state index in [-0.39, 0.29) is 18.2 Å². The molecule has 2 aromatic rings. The molecule has 2 amide bonds. The van der Waals surface area contributed by atoms with Crippen molar-refractivity contribution in [2.75, 3.05) is 24.9 Å². The first-order valence-corrected chi connectivity index (χ1v) is 8.57. The van der Waals surface area contributed by atoms with Crippen LogP contribution in [0.1, 0.15) is 6.42 Å². The first-order chi connectivity index (χ1) is 12.1. The van der Waals surface area contributed by atoms with E-state index in [0.717, 1.165) is 10.6 Å². The minimum atomic E-state index is -0.463. The largest absolute Gasteiger partial charge is 0.493 e. The van der Waals surface area contributed by atoms with Gasteiger partial charge in [-0.15, -0.1) is 11.8 Å². The van der Waals surface area contributed by atoms with E-state index in [2.05, 4.69) is 10.6 Å². The Morgan fingerprint density at radius 3 is 2.68 bits per heavy atom. The Balaban J connectivity index is 1.66. The van der Waals surface area contributed by atoms with Gasteiger partial charge in [0.05, 0.1) is 25.2 Å². The lowest BCUT2D eigenvalue weighted by Crippen LogP contribution is -2.32. The highest BCUT2D eigenvalue weighted by atomic mass is 32.2. The lowest BCUT2D eigenvalue weighted by Gasteiger charge is -2.23. The van der Waals surface area contributed by atoms with Gasteiger partial charge in [0, 0.05) is 23.1 Å². The SMILES string of the molecule is COc1ccc(NC(=O)CC2Sc3ccccc3NC2=O)cc1OC. The number of benzene rings is 2. The van der Waals surface area contributed by atoms with Crippen LogP contribution in [-0.4, -0.2) is 31.3 Å². The van der Waals surface area contributed by atoms with Crippen LogP contribution >= 0.6 is 11.8 Å². The smallest absolute Gasteiger partial charge is 0.238 e. The highest BCUT2D eigenvalue weighted by molar-refractivity contribution is 8.01. The zero-order valence-corrected chi connectivity index (χ0v) is 14.7. The van der Waals surface area contributed by atoms with Gasteiger partial charge in [-0.05, 0) is 24.3 Å². The number of methoxy groups -OCH3 is 2. The Morgan fingerprint density at radius 2 is 1.92 bits per heavy atom. The van der Waals surface area contributed by atoms with Crippen LogP contribution < -0.4 is 20.1 Å². The van der Waals surface area contributed by atoms with Crippen LogP contribution in [0.25, 0.3) is 0 Å². The second-order valence-corrected chi connectivity index (χ2v) is 6.66. The third-order valence-corrected chi connectivity index (χ3v) is 5.02. The van der Waals surface area contributed by atoms with Crippen LogP contribution in [0.2, 0.25) is 0 Å². The van der Waals surface area contributed by atoms with Crippen LogP contribution in [0.5, 0.6) is 11.5 Å². The van der Waals surface area contributed by atoms with Crippen molar-refractivity contribution >= 4 is 35.0 Å². The molecule has 1 aliphatic heterocycles. The van der Waals surface area contributed by atoms with Gasteiger partial charge in [0.25, 0.3) is 0 Å². The molecule has 130 valence electrons. The summed E-state index contributed by atoms with van der Waals surface area (Å²) in [6.45, 7) is 0. The third-order valence-electron chi connectivity index (χ3n) is 3.74. The van der Waals surface area contributed by atoms with Crippen LogP contribution in [0.4, 0.5) is 11.4 Å². The van der Waals surface area contributed by atoms with Gasteiger partial charge in [-0.3, -0.25) is 9.59 Å². The Hall–Kier alpha value is -2.67. The monoisotopic (exact) mass is 358 g/mol. The Labute approximate surface area is 149 Å². The van der Waals surface area contributed by atoms with Crippen molar-refractivity contribution in [2.45, 2.75) is 16.6 Å². The first kappa shape index (κ1) is 17.2. The molecule has 1 heterocycles. The number of thioether (sulfide) groups is 1. The zero-order valence-electron chi connectivity index (χ0n) is 13.9. The highest BCUT2D eigenvalue weighted by Crippen LogP contribution is 2.37. The summed E-state index contributed by atoms with van der Waals surface area (Å²) in [6.07, 6.45) is 0.0825. The molecule has 7 heteroatoms. The average molecular weight is 358 g/mol. The minimum absolute atomic E-state index is 0.0825. The van der Waals surface area contributed by atoms with E-state index in [1.807, 2.05) is 24.3 Å². The first-order valence-electron chi connectivity index (χ1n) is 7.69. The molecule has 1 atom stereocenters. The molecular weight excluding hydrogens is 340 g/mol. The van der Waals surface area contributed by atoms with Gasteiger partial charge >= 0.3 is 0 Å². The summed E-state index contributed by atoms with van der Waals surface area (Å²) in [5.74, 6) is 0.712. The maximum Gasteiger partial charge on any atom is 0.238 e. The number of hydrogen-bond donors (Lipinski definition) is 2. The van der Waals surface area contributed by atoms with Crippen molar-refractivity contribution < 1.29 is 19.1 Å². The molecule has 6 nitrogen and oxygen atoms in total. The third kappa shape index (κ3) is 3.88. The van der Waals surface area contributed by atoms with Crippen molar-refractivity contribution in [3.63, 3.8) is 0 Å². The van der Waals surface area contributed by atoms with Crippen molar-refractivity contribution in [3.8, 4) is 11.5 Å². The molecule has 0 bridgehead atoms. The van der Waals surface area contributed by atoms with E-state index in [0.29, 0.717) is 17.2 Å². The van der Waals surface area contributed by atoms with E-state index >= 15 is 0 Å². The average Bonchev–Trinajstić information content (AvgIpc) is 2.62. The number of carbonyl (C=O) groups is 2. The summed E-state index contributed by atoms with van der Waals surface area (Å²) in [4.78, 5) is 25.5. The number of fused-ring (bicyclic) bond motifs is 1. The molecule has 0 radical (unpaired) electrons. The molecule has 2 aromatic carbocycles. The normalized spacial score (nSPS) is 15.8. The second kappa shape index (κ2) is 7.48. The number of carbonyl (C=O) groups excluding carboxylic acids is 2. The molecule has 0 saturated heterocycles. The van der Waals surface area contributed by atoms with Gasteiger partial charge in [0.1, 0.15) is 0 Å². The molecular formula is C18H18N2O4S. The number of para-hydroxylation sites is 1. The van der Waals surface area contributed by atoms with Gasteiger partial charge in [-0.2, -0.15) is 0 Å². The van der Waals surface area contributed by atoms with Crippen molar-refractivity contribution in [3.05, 3.63) is 42.5 Å². The molecule has 0 spiro atoms. The predicted molar refractivity (Wildman–Crippen MR) is 97.5 cm³/mol. The molecule has 0 aliphatic carbocycles. The van der Waals surface area contributed by atoms with Crippen molar-refractivity contribution in [1.29, 1.82) is 0 Å². The lowest BCUT2D eigenvalue weighted by atomic mass is 10.2. The summed E-state index contributed by atoms with van der Waals surface area (Å²) >= 11 is 1.40. The van der Waals surface area contributed by atoms with Crippen LogP contribution in [0.3, 0.4) is 0 Å². The number of rotatable bonds is 5. The number of hydrogen-bond acceptors (Lipinski definition) is 5. The fraction of sp³-hybridized carbons (Fsp3) is 0.222. The second-order valence-electron chi connectivity index (χ2n) is 5.41. The van der Waals surface area contributed by atoms with Gasteiger partial charge < -0.3 is 20.1 Å². The Kier molecular flexibility index (Phi) is 5.14. The van der Waals surface area contributed by atoms with Crippen LogP contribution in [-0.2, 0) is 9.59 Å². The van der Waals surface area contributed by atoms with E-state index in [9.17, 15) is 9.59 Å². The quantitative estimate of drug-likeness (QED) is 0.859. The number of ether oxygens (including phenoxy) is 2. The fourth-order valence-electron chi connectivity index (χ4n) is 2.52. The summed E-state index contributed by atoms with van der Waals surface area (Å²) in [7, 11) is 3.08. The van der Waals surface area contributed by atoms with E-state index in [4.69, 9.17) is 9.47 Å². The molecule has 25 heavy (non-hydrogen) atoms. The van der Waals surface area contributed by atoms with Gasteiger partial charge in [0.15, 0.2) is 11.5 Å². The Bertz CT molecular complexity index is 809. The van der Waals surface area contributed by atoms with Gasteiger partial charge in [-0.25, -0.2) is 0 Å². The van der Waals surface area contributed by atoms with E-state index in [1.165, 1.54) is 18.9 Å². The molecule has 0 fully saturated rings. The number of amides is 2. The maximum atomic E-state index is 12.3. The topological polar surface area (TPSA) is 76.7 Å². The number of anilines is 2. The van der Waals surface area contributed by atoms with E-state index in [1.54, 1.807) is 25.3 Å². The van der Waals surface area contributed by atoms with Gasteiger partial charge in [-0.1, -0.05) is 12.1 Å². The molecule has 0 aromatic heterocycles. The van der Waals surface area contributed by atoms with Crippen LogP contribution in [0.15, 0.2) is 47.4 Å². The summed E-state index contributed by atoms with van der Waals surface area (Å²) < 4.78 is 10.4. The molecule has 1 aliphatic rings. The van der Waals surface area contributed by atoms with Crippen molar-refractivity contribution in [2.24, 2.45) is 0 Å². The van der Waals surface area contributed by atoms with Crippen LogP contribution in [0, 0.1) is 0 Å². The predicted octanol–water partition coefficient (Wildman–Crippen LogP) is 3.15. The molecule has 0 saturated carbocycles. The van der Waals surface area contributed by atoms with Gasteiger partial charge in [0.2, 0.25) is 11.8 Å². The number of nitrogens with one attached hydrogen (secondary N) is 2.